The fourth-order valence-electron chi connectivity index (χ4n) is 12.7. The second-order valence-electron chi connectivity index (χ2n) is 17.7. The van der Waals surface area contributed by atoms with Gasteiger partial charge < -0.3 is 31.4 Å². The number of benzene rings is 4. The molecule has 0 unspecified atom stereocenters. The minimum absolute atomic E-state index is 0.0833. The topological polar surface area (TPSA) is 106 Å². The van der Waals surface area contributed by atoms with Crippen molar-refractivity contribution in [3.63, 3.8) is 0 Å². The van der Waals surface area contributed by atoms with Crippen molar-refractivity contribution in [3.05, 3.63) is 86.9 Å². The van der Waals surface area contributed by atoms with Gasteiger partial charge in [-0.3, -0.25) is 0 Å². The molecule has 8 fully saturated rings. The van der Waals surface area contributed by atoms with Crippen molar-refractivity contribution in [2.45, 2.75) is 87.9 Å². The summed E-state index contributed by atoms with van der Waals surface area (Å²) in [6.45, 7) is 0. The highest BCUT2D eigenvalue weighted by molar-refractivity contribution is 6.31. The molecule has 8 bridgehead atoms. The number of ether oxygens (including phenoxy) is 3. The van der Waals surface area contributed by atoms with Gasteiger partial charge in [0.15, 0.2) is 28.7 Å². The van der Waals surface area contributed by atoms with E-state index in [0.29, 0.717) is 102 Å². The Morgan fingerprint density at radius 3 is 1.00 bits per heavy atom. The maximum absolute atomic E-state index is 7.14. The van der Waals surface area contributed by atoms with Crippen LogP contribution in [0, 0.1) is 35.5 Å². The Morgan fingerprint density at radius 2 is 0.698 bits per heavy atom. The molecule has 8 aliphatic carbocycles. The maximum Gasteiger partial charge on any atom is 0.213 e. The van der Waals surface area contributed by atoms with E-state index in [2.05, 4.69) is 6.07 Å². The van der Waals surface area contributed by atoms with E-state index in [9.17, 15) is 0 Å². The first-order chi connectivity index (χ1) is 25.5. The smallest absolute Gasteiger partial charge is 0.213 e. The van der Waals surface area contributed by atoms with Crippen LogP contribution in [0.4, 0.5) is 17.1 Å². The van der Waals surface area contributed by atoms with E-state index in [4.69, 9.17) is 66.2 Å². The van der Waals surface area contributed by atoms with Crippen LogP contribution in [-0.2, 0) is 10.8 Å². The fourth-order valence-corrected chi connectivity index (χ4v) is 13.2. The zero-order valence-corrected chi connectivity index (χ0v) is 32.1. The Labute approximate surface area is 326 Å². The molecule has 0 spiro atoms. The van der Waals surface area contributed by atoms with Crippen molar-refractivity contribution in [3.8, 4) is 34.5 Å². The molecule has 4 aromatic carbocycles. The maximum atomic E-state index is 7.14. The van der Waals surface area contributed by atoms with E-state index >= 15 is 0 Å². The Kier molecular flexibility index (Phi) is 8.06. The summed E-state index contributed by atoms with van der Waals surface area (Å²) in [5.74, 6) is 7.16. The monoisotopic (exact) mass is 769 g/mol. The van der Waals surface area contributed by atoms with Crippen LogP contribution in [0.15, 0.2) is 60.7 Å². The standard InChI is InChI=1S/C44H46Cl3N3O3/c45-29-1-4-34(48)37(13-29)51-40-32(43-17-23-7-24(18-43)9-25(8-23)19-43)16-33(44-20-26-10-27(21-44)12-28(11-26)22-44)41(52-38-14-30(46)2-5-35(38)49)42(40)53-39-15-31(47)3-6-36(39)50/h1-6,13-16,23-28H,7-12,17-22,48-50H2. The molecule has 0 saturated heterocycles. The number of anilines is 3. The lowest BCUT2D eigenvalue weighted by Crippen LogP contribution is -2.50. The average Bonchev–Trinajstić information content (AvgIpc) is 3.09. The van der Waals surface area contributed by atoms with Crippen molar-refractivity contribution in [2.75, 3.05) is 17.2 Å². The Balaban J connectivity index is 1.28. The predicted octanol–water partition coefficient (Wildman–Crippen LogP) is 12.7. The van der Waals surface area contributed by atoms with E-state index in [1.807, 2.05) is 0 Å². The molecular formula is C44H46Cl3N3O3. The van der Waals surface area contributed by atoms with Gasteiger partial charge in [-0.2, -0.15) is 0 Å². The SMILES string of the molecule is Nc1ccc(Cl)cc1Oc1c(C23CC4CC(CC(C4)C2)C3)cc(C23CC4CC(CC(C4)C2)C3)c(Oc2cc(Cl)ccc2N)c1Oc1cc(Cl)ccc1N. The van der Waals surface area contributed by atoms with Gasteiger partial charge in [0.1, 0.15) is 0 Å². The minimum Gasteiger partial charge on any atom is -0.451 e. The van der Waals surface area contributed by atoms with Gasteiger partial charge in [-0.25, -0.2) is 0 Å². The molecule has 6 N–H and O–H groups in total. The van der Waals surface area contributed by atoms with Crippen molar-refractivity contribution in [1.29, 1.82) is 0 Å². The third-order valence-electron chi connectivity index (χ3n) is 14.0. The lowest BCUT2D eigenvalue weighted by Gasteiger charge is -2.59. The second-order valence-corrected chi connectivity index (χ2v) is 19.0. The summed E-state index contributed by atoms with van der Waals surface area (Å²) >= 11 is 19.8. The number of nitrogens with two attached hydrogens (primary N) is 3. The Hall–Kier alpha value is -3.45. The molecule has 53 heavy (non-hydrogen) atoms. The average molecular weight is 771 g/mol. The molecular weight excluding hydrogens is 725 g/mol. The Morgan fingerprint density at radius 1 is 0.415 bits per heavy atom. The van der Waals surface area contributed by atoms with Gasteiger partial charge >= 0.3 is 0 Å². The molecule has 8 aliphatic rings. The predicted molar refractivity (Wildman–Crippen MR) is 214 cm³/mol. The molecule has 0 heterocycles. The molecule has 276 valence electrons. The largest absolute Gasteiger partial charge is 0.451 e. The zero-order valence-electron chi connectivity index (χ0n) is 29.8. The molecule has 0 atom stereocenters. The summed E-state index contributed by atoms with van der Waals surface area (Å²) in [7, 11) is 0. The fraction of sp³-hybridized carbons (Fsp3) is 0.455. The number of rotatable bonds is 8. The second kappa shape index (κ2) is 12.5. The highest BCUT2D eigenvalue weighted by Gasteiger charge is 2.56. The third-order valence-corrected chi connectivity index (χ3v) is 14.7. The summed E-state index contributed by atoms with van der Waals surface area (Å²) in [5.41, 5.74) is 23.6. The summed E-state index contributed by atoms with van der Waals surface area (Å²) in [6.07, 6.45) is 14.6. The molecule has 8 saturated carbocycles. The van der Waals surface area contributed by atoms with Gasteiger partial charge in [0.2, 0.25) is 5.75 Å². The van der Waals surface area contributed by atoms with Crippen molar-refractivity contribution in [1.82, 2.24) is 0 Å². The molecule has 4 aromatic rings. The van der Waals surface area contributed by atoms with Crippen molar-refractivity contribution >= 4 is 51.9 Å². The lowest BCUT2D eigenvalue weighted by molar-refractivity contribution is -0.00959. The molecule has 0 amide bonds. The molecule has 0 aromatic heterocycles. The van der Waals surface area contributed by atoms with E-state index in [1.165, 1.54) is 49.7 Å². The summed E-state index contributed by atoms with van der Waals surface area (Å²) < 4.78 is 21.4. The summed E-state index contributed by atoms with van der Waals surface area (Å²) in [4.78, 5) is 0. The van der Waals surface area contributed by atoms with Crippen LogP contribution in [0.25, 0.3) is 0 Å². The molecule has 12 rings (SSSR count). The van der Waals surface area contributed by atoms with Crippen LogP contribution in [0.2, 0.25) is 15.1 Å². The highest BCUT2D eigenvalue weighted by Crippen LogP contribution is 2.68. The van der Waals surface area contributed by atoms with Crippen LogP contribution >= 0.6 is 34.8 Å². The Bertz CT molecular complexity index is 1940. The van der Waals surface area contributed by atoms with E-state index in [-0.39, 0.29) is 10.8 Å². The molecule has 9 heteroatoms. The number of nitrogen functional groups attached to an aromatic ring is 3. The van der Waals surface area contributed by atoms with Crippen LogP contribution in [-0.4, -0.2) is 0 Å². The van der Waals surface area contributed by atoms with E-state index < -0.39 is 0 Å². The first-order valence-electron chi connectivity index (χ1n) is 19.4. The number of hydrogen-bond donors (Lipinski definition) is 3. The van der Waals surface area contributed by atoms with E-state index in [0.717, 1.165) is 38.5 Å². The van der Waals surface area contributed by atoms with Crippen molar-refractivity contribution in [2.24, 2.45) is 35.5 Å². The van der Waals surface area contributed by atoms with Crippen LogP contribution < -0.4 is 31.4 Å². The van der Waals surface area contributed by atoms with Crippen LogP contribution in [0.3, 0.4) is 0 Å². The van der Waals surface area contributed by atoms with Gasteiger partial charge in [-0.05, 0) is 166 Å². The summed E-state index contributed by atoms with van der Waals surface area (Å²) in [6, 6.07) is 18.5. The number of hydrogen-bond acceptors (Lipinski definition) is 6. The molecule has 6 nitrogen and oxygen atoms in total. The lowest BCUT2D eigenvalue weighted by atomic mass is 9.46. The van der Waals surface area contributed by atoms with Gasteiger partial charge in [-0.1, -0.05) is 34.8 Å². The van der Waals surface area contributed by atoms with Crippen LogP contribution in [0.5, 0.6) is 34.5 Å². The zero-order chi connectivity index (χ0) is 36.2. The molecule has 0 radical (unpaired) electrons. The van der Waals surface area contributed by atoms with Gasteiger partial charge in [-0.15, -0.1) is 0 Å². The normalized spacial score (nSPS) is 31.9. The first-order valence-corrected chi connectivity index (χ1v) is 20.6. The molecule has 0 aliphatic heterocycles. The summed E-state index contributed by atoms with van der Waals surface area (Å²) in [5, 5.41) is 1.57. The minimum atomic E-state index is -0.0833. The third kappa shape index (κ3) is 5.90. The quantitative estimate of drug-likeness (QED) is 0.154. The van der Waals surface area contributed by atoms with Gasteiger partial charge in [0.25, 0.3) is 0 Å². The van der Waals surface area contributed by atoms with Crippen molar-refractivity contribution < 1.29 is 14.2 Å². The number of halogens is 3. The van der Waals surface area contributed by atoms with Gasteiger partial charge in [0, 0.05) is 44.4 Å². The van der Waals surface area contributed by atoms with Crippen LogP contribution in [0.1, 0.15) is 88.2 Å². The highest BCUT2D eigenvalue weighted by atomic mass is 35.5. The van der Waals surface area contributed by atoms with E-state index in [1.54, 1.807) is 54.6 Å². The first kappa shape index (κ1) is 34.1. The van der Waals surface area contributed by atoms with Gasteiger partial charge in [0.05, 0.1) is 17.1 Å².